The van der Waals surface area contributed by atoms with E-state index in [0.29, 0.717) is 24.7 Å². The van der Waals surface area contributed by atoms with Gasteiger partial charge in [0, 0.05) is 19.3 Å². The van der Waals surface area contributed by atoms with Gasteiger partial charge < -0.3 is 9.88 Å². The average molecular weight is 315 g/mol. The molecule has 0 bridgehead atoms. The number of amides is 1. The molecule has 0 radical (unpaired) electrons. The van der Waals surface area contributed by atoms with Crippen LogP contribution in [-0.4, -0.2) is 25.4 Å². The zero-order valence-corrected chi connectivity index (χ0v) is 14.1. The van der Waals surface area contributed by atoms with E-state index in [1.54, 1.807) is 4.57 Å². The minimum absolute atomic E-state index is 0.0432. The number of hydrogen-bond donors (Lipinski definition) is 2. The zero-order valence-electron chi connectivity index (χ0n) is 13.3. The third-order valence-electron chi connectivity index (χ3n) is 3.82. The summed E-state index contributed by atoms with van der Waals surface area (Å²) in [5.41, 5.74) is 0.397. The second-order valence-electron chi connectivity index (χ2n) is 6.37. The first-order valence-corrected chi connectivity index (χ1v) is 8.52. The van der Waals surface area contributed by atoms with Gasteiger partial charge in [0.25, 0.3) is 5.91 Å². The quantitative estimate of drug-likeness (QED) is 0.863. The molecule has 0 aliphatic rings. The highest BCUT2D eigenvalue weighted by atomic mass is 32.2. The van der Waals surface area contributed by atoms with Crippen molar-refractivity contribution in [2.45, 2.75) is 46.1 Å². The molecule has 0 saturated carbocycles. The number of aryl methyl sites for hydroxylation is 1. The highest BCUT2D eigenvalue weighted by Gasteiger charge is 2.22. The molecule has 21 heavy (non-hydrogen) atoms. The summed E-state index contributed by atoms with van der Waals surface area (Å²) in [6.07, 6.45) is 1.39. The molecule has 3 N–H and O–H groups in total. The molecular weight excluding hydrogens is 290 g/mol. The molecule has 0 spiro atoms. The molecule has 1 rings (SSSR count). The molecule has 1 atom stereocenters. The Labute approximate surface area is 126 Å². The molecule has 1 unspecified atom stereocenters. The Bertz CT molecular complexity index is 612. The van der Waals surface area contributed by atoms with Gasteiger partial charge in [-0.3, -0.25) is 4.79 Å². The highest BCUT2D eigenvalue weighted by molar-refractivity contribution is 7.89. The Morgan fingerprint density at radius 1 is 1.43 bits per heavy atom. The van der Waals surface area contributed by atoms with E-state index in [4.69, 9.17) is 5.14 Å². The van der Waals surface area contributed by atoms with E-state index >= 15 is 0 Å². The van der Waals surface area contributed by atoms with Gasteiger partial charge in [-0.05, 0) is 24.3 Å². The van der Waals surface area contributed by atoms with Gasteiger partial charge in [0.05, 0.1) is 0 Å². The predicted octanol–water partition coefficient (Wildman–Crippen LogP) is 1.57. The smallest absolute Gasteiger partial charge is 0.267 e. The van der Waals surface area contributed by atoms with Crippen molar-refractivity contribution in [3.8, 4) is 0 Å². The first kappa shape index (κ1) is 17.7. The maximum atomic E-state index is 12.2. The molecule has 0 aliphatic heterocycles. The minimum Gasteiger partial charge on any atom is -0.350 e. The van der Waals surface area contributed by atoms with Gasteiger partial charge in [0.1, 0.15) is 10.6 Å². The van der Waals surface area contributed by atoms with E-state index in [1.807, 2.05) is 6.92 Å². The van der Waals surface area contributed by atoms with Gasteiger partial charge in [-0.2, -0.15) is 0 Å². The normalized spacial score (nSPS) is 14.0. The molecule has 1 aromatic rings. The van der Waals surface area contributed by atoms with E-state index < -0.39 is 10.0 Å². The number of rotatable bonds is 5. The van der Waals surface area contributed by atoms with Crippen LogP contribution in [0, 0.1) is 11.3 Å². The van der Waals surface area contributed by atoms with E-state index in [9.17, 15) is 13.2 Å². The van der Waals surface area contributed by atoms with Gasteiger partial charge >= 0.3 is 0 Å². The van der Waals surface area contributed by atoms with E-state index in [2.05, 4.69) is 33.0 Å². The molecule has 0 aromatic carbocycles. The highest BCUT2D eigenvalue weighted by Crippen LogP contribution is 2.24. The average Bonchev–Trinajstić information content (AvgIpc) is 2.78. The molecule has 7 heteroatoms. The van der Waals surface area contributed by atoms with Crippen molar-refractivity contribution < 1.29 is 13.2 Å². The Kier molecular flexibility index (Phi) is 5.22. The topological polar surface area (TPSA) is 94.2 Å². The number of carbonyl (C=O) groups excluding carboxylic acids is 1. The number of primary sulfonamides is 1. The van der Waals surface area contributed by atoms with Crippen LogP contribution < -0.4 is 10.5 Å². The molecule has 120 valence electrons. The Morgan fingerprint density at radius 3 is 2.43 bits per heavy atom. The standard InChI is InChI=1S/C14H25N3O3S/c1-6-17-9-11(21(15,19)20)7-12(17)13(18)16-8-10(2)14(3,4)5/h7,9-10H,6,8H2,1-5H3,(H,16,18)(H2,15,19,20). The zero-order chi connectivity index (χ0) is 16.4. The summed E-state index contributed by atoms with van der Waals surface area (Å²) in [6, 6.07) is 1.32. The third-order valence-corrected chi connectivity index (χ3v) is 4.70. The Balaban J connectivity index is 2.91. The summed E-state index contributed by atoms with van der Waals surface area (Å²) in [6.45, 7) is 11.2. The van der Waals surface area contributed by atoms with Crippen molar-refractivity contribution in [2.75, 3.05) is 6.54 Å². The summed E-state index contributed by atoms with van der Waals surface area (Å²) < 4.78 is 24.3. The van der Waals surface area contributed by atoms with Crippen LogP contribution in [0.15, 0.2) is 17.2 Å². The van der Waals surface area contributed by atoms with Crippen molar-refractivity contribution >= 4 is 15.9 Å². The Hall–Kier alpha value is -1.34. The van der Waals surface area contributed by atoms with Crippen LogP contribution >= 0.6 is 0 Å². The van der Waals surface area contributed by atoms with Gasteiger partial charge in [-0.1, -0.05) is 27.7 Å². The van der Waals surface area contributed by atoms with Crippen molar-refractivity contribution in [1.29, 1.82) is 0 Å². The maximum Gasteiger partial charge on any atom is 0.267 e. The van der Waals surface area contributed by atoms with Crippen molar-refractivity contribution in [3.63, 3.8) is 0 Å². The number of nitrogens with one attached hydrogen (secondary N) is 1. The van der Waals surface area contributed by atoms with Gasteiger partial charge in [0.2, 0.25) is 10.0 Å². The lowest BCUT2D eigenvalue weighted by Crippen LogP contribution is -2.34. The molecular formula is C14H25N3O3S. The molecule has 1 amide bonds. The summed E-state index contributed by atoms with van der Waals surface area (Å²) in [5, 5.41) is 7.95. The summed E-state index contributed by atoms with van der Waals surface area (Å²) >= 11 is 0. The second kappa shape index (κ2) is 6.19. The first-order valence-electron chi connectivity index (χ1n) is 6.98. The van der Waals surface area contributed by atoms with Crippen LogP contribution in [0.5, 0.6) is 0 Å². The SMILES string of the molecule is CCn1cc(S(N)(=O)=O)cc1C(=O)NCC(C)C(C)(C)C. The Morgan fingerprint density at radius 2 is 2.00 bits per heavy atom. The number of nitrogens with zero attached hydrogens (tertiary/aromatic N) is 1. The van der Waals surface area contributed by atoms with E-state index in [-0.39, 0.29) is 16.2 Å². The number of nitrogens with two attached hydrogens (primary N) is 1. The fraction of sp³-hybridized carbons (Fsp3) is 0.643. The summed E-state index contributed by atoms with van der Waals surface area (Å²) in [5.74, 6) is 0.00653. The van der Waals surface area contributed by atoms with Crippen LogP contribution in [0.1, 0.15) is 45.1 Å². The molecule has 0 aliphatic carbocycles. The van der Waals surface area contributed by atoms with Crippen LogP contribution in [0.2, 0.25) is 0 Å². The minimum atomic E-state index is -3.80. The molecule has 1 heterocycles. The monoisotopic (exact) mass is 315 g/mol. The molecule has 6 nitrogen and oxygen atoms in total. The van der Waals surface area contributed by atoms with Crippen molar-refractivity contribution in [1.82, 2.24) is 9.88 Å². The number of aromatic nitrogens is 1. The lowest BCUT2D eigenvalue weighted by Gasteiger charge is -2.27. The van der Waals surface area contributed by atoms with Crippen LogP contribution in [0.4, 0.5) is 0 Å². The van der Waals surface area contributed by atoms with Crippen LogP contribution in [-0.2, 0) is 16.6 Å². The molecule has 0 fully saturated rings. The molecule has 0 saturated heterocycles. The van der Waals surface area contributed by atoms with E-state index in [1.165, 1.54) is 12.3 Å². The number of carbonyl (C=O) groups is 1. The largest absolute Gasteiger partial charge is 0.350 e. The lowest BCUT2D eigenvalue weighted by atomic mass is 9.82. The predicted molar refractivity (Wildman–Crippen MR) is 82.4 cm³/mol. The van der Waals surface area contributed by atoms with Gasteiger partial charge in [0.15, 0.2) is 0 Å². The van der Waals surface area contributed by atoms with E-state index in [0.717, 1.165) is 0 Å². The first-order chi connectivity index (χ1) is 9.46. The van der Waals surface area contributed by atoms with Crippen LogP contribution in [0.3, 0.4) is 0 Å². The molecule has 1 aromatic heterocycles. The second-order valence-corrected chi connectivity index (χ2v) is 7.93. The van der Waals surface area contributed by atoms with Gasteiger partial charge in [-0.15, -0.1) is 0 Å². The third kappa shape index (κ3) is 4.57. The summed E-state index contributed by atoms with van der Waals surface area (Å²) in [7, 11) is -3.80. The van der Waals surface area contributed by atoms with Crippen LogP contribution in [0.25, 0.3) is 0 Å². The van der Waals surface area contributed by atoms with Crippen molar-refractivity contribution in [3.05, 3.63) is 18.0 Å². The fourth-order valence-corrected chi connectivity index (χ4v) is 2.28. The van der Waals surface area contributed by atoms with Gasteiger partial charge in [-0.25, -0.2) is 13.6 Å². The number of sulfonamides is 1. The maximum absolute atomic E-state index is 12.2. The fourth-order valence-electron chi connectivity index (χ4n) is 1.73. The van der Waals surface area contributed by atoms with Crippen molar-refractivity contribution in [2.24, 2.45) is 16.5 Å². The lowest BCUT2D eigenvalue weighted by molar-refractivity contribution is 0.0928. The number of hydrogen-bond acceptors (Lipinski definition) is 3. The summed E-state index contributed by atoms with van der Waals surface area (Å²) in [4.78, 5) is 12.2.